The number of rotatable bonds is 7. The van der Waals surface area contributed by atoms with Crippen molar-refractivity contribution in [2.75, 3.05) is 26.0 Å². The number of hydrogen-bond donors (Lipinski definition) is 1. The monoisotopic (exact) mass is 383 g/mol. The quantitative estimate of drug-likeness (QED) is 0.708. The SMILES string of the molecule is CSc1ccc(C(=O)N2CCCC(CO)(CCCc3ccccc3)C2)cc1. The van der Waals surface area contributed by atoms with Gasteiger partial charge in [-0.15, -0.1) is 11.8 Å². The second kappa shape index (κ2) is 9.43. The molecule has 0 aromatic heterocycles. The van der Waals surface area contributed by atoms with Crippen LogP contribution in [0.3, 0.4) is 0 Å². The van der Waals surface area contributed by atoms with Gasteiger partial charge in [0.15, 0.2) is 0 Å². The predicted molar refractivity (Wildman–Crippen MR) is 112 cm³/mol. The van der Waals surface area contributed by atoms with Crippen LogP contribution in [0, 0.1) is 5.41 Å². The topological polar surface area (TPSA) is 40.5 Å². The van der Waals surface area contributed by atoms with Gasteiger partial charge in [0.1, 0.15) is 0 Å². The molecule has 0 radical (unpaired) electrons. The average molecular weight is 384 g/mol. The number of benzene rings is 2. The second-order valence-electron chi connectivity index (χ2n) is 7.56. The molecule has 1 unspecified atom stereocenters. The molecule has 1 fully saturated rings. The molecule has 4 heteroatoms. The van der Waals surface area contributed by atoms with E-state index in [1.807, 2.05) is 41.5 Å². The molecule has 1 atom stereocenters. The molecule has 3 rings (SSSR count). The lowest BCUT2D eigenvalue weighted by atomic mass is 9.76. The Labute approximate surface area is 166 Å². The molecule has 1 saturated heterocycles. The summed E-state index contributed by atoms with van der Waals surface area (Å²) < 4.78 is 0. The maximum atomic E-state index is 12.9. The highest BCUT2D eigenvalue weighted by Gasteiger charge is 2.36. The molecule has 27 heavy (non-hydrogen) atoms. The van der Waals surface area contributed by atoms with E-state index in [1.165, 1.54) is 5.56 Å². The van der Waals surface area contributed by atoms with Gasteiger partial charge < -0.3 is 10.0 Å². The van der Waals surface area contributed by atoms with E-state index in [4.69, 9.17) is 0 Å². The summed E-state index contributed by atoms with van der Waals surface area (Å²) in [6.07, 6.45) is 7.00. The number of nitrogens with zero attached hydrogens (tertiary/aromatic N) is 1. The van der Waals surface area contributed by atoms with E-state index in [0.29, 0.717) is 6.54 Å². The van der Waals surface area contributed by atoms with Gasteiger partial charge in [0.05, 0.1) is 6.61 Å². The minimum Gasteiger partial charge on any atom is -0.396 e. The van der Waals surface area contributed by atoms with Crippen LogP contribution in [0.5, 0.6) is 0 Å². The maximum Gasteiger partial charge on any atom is 0.253 e. The van der Waals surface area contributed by atoms with Crippen molar-refractivity contribution in [1.29, 1.82) is 0 Å². The fraction of sp³-hybridized carbons (Fsp3) is 0.435. The number of amides is 1. The van der Waals surface area contributed by atoms with Gasteiger partial charge in [-0.2, -0.15) is 0 Å². The summed E-state index contributed by atoms with van der Waals surface area (Å²) >= 11 is 1.68. The maximum absolute atomic E-state index is 12.9. The molecular weight excluding hydrogens is 354 g/mol. The van der Waals surface area contributed by atoms with Crippen LogP contribution < -0.4 is 0 Å². The average Bonchev–Trinajstić information content (AvgIpc) is 2.74. The molecule has 1 heterocycles. The number of carbonyl (C=O) groups is 1. The van der Waals surface area contributed by atoms with Gasteiger partial charge in [0.25, 0.3) is 5.91 Å². The van der Waals surface area contributed by atoms with E-state index in [9.17, 15) is 9.90 Å². The number of hydrogen-bond acceptors (Lipinski definition) is 3. The first-order chi connectivity index (χ1) is 13.2. The van der Waals surface area contributed by atoms with Crippen molar-refractivity contribution in [3.63, 3.8) is 0 Å². The van der Waals surface area contributed by atoms with Crippen molar-refractivity contribution >= 4 is 17.7 Å². The zero-order valence-electron chi connectivity index (χ0n) is 16.1. The first-order valence-electron chi connectivity index (χ1n) is 9.74. The van der Waals surface area contributed by atoms with Crippen molar-refractivity contribution in [3.8, 4) is 0 Å². The van der Waals surface area contributed by atoms with Gasteiger partial charge in [-0.05, 0) is 68.2 Å². The van der Waals surface area contributed by atoms with Crippen molar-refractivity contribution in [2.24, 2.45) is 5.41 Å². The molecule has 3 nitrogen and oxygen atoms in total. The summed E-state index contributed by atoms with van der Waals surface area (Å²) in [7, 11) is 0. The fourth-order valence-electron chi connectivity index (χ4n) is 4.02. The number of aliphatic hydroxyl groups is 1. The standard InChI is InChI=1S/C23H29NO2S/c1-27-21-12-10-20(11-13-21)22(26)24-16-6-15-23(17-24,18-25)14-5-9-19-7-3-2-4-8-19/h2-4,7-8,10-13,25H,5-6,9,14-18H2,1H3. The highest BCUT2D eigenvalue weighted by atomic mass is 32.2. The number of piperidine rings is 1. The van der Waals surface area contributed by atoms with Gasteiger partial charge in [-0.3, -0.25) is 4.79 Å². The van der Waals surface area contributed by atoms with Crippen molar-refractivity contribution < 1.29 is 9.90 Å². The van der Waals surface area contributed by atoms with Crippen LogP contribution in [0.25, 0.3) is 0 Å². The molecule has 0 bridgehead atoms. The summed E-state index contributed by atoms with van der Waals surface area (Å²) in [5, 5.41) is 10.1. The van der Waals surface area contributed by atoms with E-state index in [1.54, 1.807) is 11.8 Å². The largest absolute Gasteiger partial charge is 0.396 e. The first-order valence-corrected chi connectivity index (χ1v) is 11.0. The summed E-state index contributed by atoms with van der Waals surface area (Å²) in [4.78, 5) is 16.0. The third-order valence-corrected chi connectivity index (χ3v) is 6.38. The van der Waals surface area contributed by atoms with Gasteiger partial charge in [0, 0.05) is 29.0 Å². The summed E-state index contributed by atoms with van der Waals surface area (Å²) in [5.41, 5.74) is 1.91. The van der Waals surface area contributed by atoms with Crippen LogP contribution in [0.4, 0.5) is 0 Å². The van der Waals surface area contributed by atoms with Crippen molar-refractivity contribution in [1.82, 2.24) is 4.90 Å². The number of aliphatic hydroxyl groups excluding tert-OH is 1. The highest BCUT2D eigenvalue weighted by Crippen LogP contribution is 2.35. The molecular formula is C23H29NO2S. The smallest absolute Gasteiger partial charge is 0.253 e. The van der Waals surface area contributed by atoms with Gasteiger partial charge in [0.2, 0.25) is 0 Å². The number of carbonyl (C=O) groups excluding carboxylic acids is 1. The minimum absolute atomic E-state index is 0.0863. The van der Waals surface area contributed by atoms with Crippen LogP contribution in [0.15, 0.2) is 59.5 Å². The molecule has 1 aliphatic heterocycles. The normalized spacial score (nSPS) is 19.9. The molecule has 0 spiro atoms. The van der Waals surface area contributed by atoms with Crippen LogP contribution in [0.2, 0.25) is 0 Å². The molecule has 1 amide bonds. The van der Waals surface area contributed by atoms with E-state index >= 15 is 0 Å². The van der Waals surface area contributed by atoms with Crippen LogP contribution >= 0.6 is 11.8 Å². The zero-order valence-corrected chi connectivity index (χ0v) is 16.9. The Hall–Kier alpha value is -1.78. The molecule has 144 valence electrons. The number of thioether (sulfide) groups is 1. The van der Waals surface area contributed by atoms with E-state index in [0.717, 1.165) is 49.1 Å². The van der Waals surface area contributed by atoms with Crippen LogP contribution in [-0.4, -0.2) is 41.9 Å². The van der Waals surface area contributed by atoms with Gasteiger partial charge in [-0.25, -0.2) is 0 Å². The summed E-state index contributed by atoms with van der Waals surface area (Å²) in [6.45, 7) is 1.59. The molecule has 0 saturated carbocycles. The number of likely N-dealkylation sites (tertiary alicyclic amines) is 1. The molecule has 0 aliphatic carbocycles. The Kier molecular flexibility index (Phi) is 6.97. The highest BCUT2D eigenvalue weighted by molar-refractivity contribution is 7.98. The third kappa shape index (κ3) is 5.14. The van der Waals surface area contributed by atoms with Gasteiger partial charge >= 0.3 is 0 Å². The fourth-order valence-corrected chi connectivity index (χ4v) is 4.43. The Morgan fingerprint density at radius 3 is 2.56 bits per heavy atom. The molecule has 1 N–H and O–H groups in total. The van der Waals surface area contributed by atoms with Gasteiger partial charge in [-0.1, -0.05) is 30.3 Å². The van der Waals surface area contributed by atoms with Crippen LogP contribution in [-0.2, 0) is 6.42 Å². The summed E-state index contributed by atoms with van der Waals surface area (Å²) in [5.74, 6) is 0.0863. The first kappa shape index (κ1) is 20.0. The Balaban J connectivity index is 1.62. The second-order valence-corrected chi connectivity index (χ2v) is 8.44. The zero-order chi connectivity index (χ0) is 19.1. The van der Waals surface area contributed by atoms with E-state index in [2.05, 4.69) is 24.3 Å². The lowest BCUT2D eigenvalue weighted by Gasteiger charge is -2.42. The molecule has 1 aliphatic rings. The third-order valence-electron chi connectivity index (χ3n) is 5.64. The van der Waals surface area contributed by atoms with Crippen LogP contribution in [0.1, 0.15) is 41.6 Å². The molecule has 2 aromatic carbocycles. The lowest BCUT2D eigenvalue weighted by molar-refractivity contribution is 0.0216. The van der Waals surface area contributed by atoms with Crippen molar-refractivity contribution in [3.05, 3.63) is 65.7 Å². The van der Waals surface area contributed by atoms with Crippen molar-refractivity contribution in [2.45, 2.75) is 37.0 Å². The number of aryl methyl sites for hydroxylation is 1. The lowest BCUT2D eigenvalue weighted by Crippen LogP contribution is -2.48. The Morgan fingerprint density at radius 2 is 1.89 bits per heavy atom. The Morgan fingerprint density at radius 1 is 1.15 bits per heavy atom. The van der Waals surface area contributed by atoms with E-state index in [-0.39, 0.29) is 17.9 Å². The predicted octanol–water partition coefficient (Wildman–Crippen LogP) is 4.65. The Bertz CT molecular complexity index is 732. The molecule has 2 aromatic rings. The van der Waals surface area contributed by atoms with E-state index < -0.39 is 0 Å². The summed E-state index contributed by atoms with van der Waals surface area (Å²) in [6, 6.07) is 18.3. The minimum atomic E-state index is -0.165.